The summed E-state index contributed by atoms with van der Waals surface area (Å²) in [4.78, 5) is 48.7. The van der Waals surface area contributed by atoms with Gasteiger partial charge in [-0.3, -0.25) is 24.3 Å². The van der Waals surface area contributed by atoms with Gasteiger partial charge in [0.25, 0.3) is 5.91 Å². The van der Waals surface area contributed by atoms with Crippen LogP contribution in [0.4, 0.5) is 10.1 Å². The fourth-order valence-electron chi connectivity index (χ4n) is 4.90. The largest absolute Gasteiger partial charge is 0.352 e. The number of rotatable bonds is 5. The molecule has 7 nitrogen and oxygen atoms in total. The number of piperidine rings is 1. The molecule has 1 aromatic heterocycles. The first-order chi connectivity index (χ1) is 17.0. The topological polar surface area (TPSA) is 73.8 Å². The van der Waals surface area contributed by atoms with Crippen molar-refractivity contribution in [3.8, 4) is 0 Å². The van der Waals surface area contributed by atoms with Crippen LogP contribution in [0.3, 0.4) is 0 Å². The Balaban J connectivity index is 1.46. The monoisotopic (exact) mass is 474 g/mol. The number of anilines is 1. The van der Waals surface area contributed by atoms with Crippen molar-refractivity contribution in [1.82, 2.24) is 14.8 Å². The molecule has 180 valence electrons. The van der Waals surface area contributed by atoms with Crippen LogP contribution < -0.4 is 4.90 Å². The van der Waals surface area contributed by atoms with Gasteiger partial charge >= 0.3 is 0 Å². The molecule has 3 aromatic rings. The summed E-state index contributed by atoms with van der Waals surface area (Å²) >= 11 is 0. The lowest BCUT2D eigenvalue weighted by Gasteiger charge is -2.36. The van der Waals surface area contributed by atoms with Crippen molar-refractivity contribution in [2.75, 3.05) is 37.6 Å². The highest BCUT2D eigenvalue weighted by atomic mass is 19.1. The lowest BCUT2D eigenvalue weighted by atomic mass is 10.0. The molecular formula is C27H27FN4O3. The molecule has 8 heteroatoms. The first-order valence-corrected chi connectivity index (χ1v) is 12.0. The fourth-order valence-corrected chi connectivity index (χ4v) is 4.90. The predicted octanol–water partition coefficient (Wildman–Crippen LogP) is 3.42. The summed E-state index contributed by atoms with van der Waals surface area (Å²) in [7, 11) is 0. The summed E-state index contributed by atoms with van der Waals surface area (Å²) in [5.74, 6) is -1.35. The number of fused-ring (bicyclic) bond motifs is 1. The molecular weight excluding hydrogens is 447 g/mol. The van der Waals surface area contributed by atoms with E-state index in [4.69, 9.17) is 0 Å². The molecule has 0 aliphatic carbocycles. The minimum absolute atomic E-state index is 0.0730. The summed E-state index contributed by atoms with van der Waals surface area (Å²) in [6.07, 6.45) is 4.98. The molecule has 2 aliphatic rings. The molecule has 0 radical (unpaired) electrons. The molecule has 0 spiro atoms. The quantitative estimate of drug-likeness (QED) is 0.530. The molecule has 3 amide bonds. The molecule has 35 heavy (non-hydrogen) atoms. The van der Waals surface area contributed by atoms with Gasteiger partial charge in [0.2, 0.25) is 11.8 Å². The van der Waals surface area contributed by atoms with Crippen molar-refractivity contribution in [3.05, 3.63) is 71.7 Å². The maximum atomic E-state index is 14.3. The minimum Gasteiger partial charge on any atom is -0.352 e. The van der Waals surface area contributed by atoms with Crippen LogP contribution in [0.1, 0.15) is 35.2 Å². The van der Waals surface area contributed by atoms with E-state index < -0.39 is 5.82 Å². The van der Waals surface area contributed by atoms with Crippen LogP contribution in [0.15, 0.2) is 54.7 Å². The normalized spacial score (nSPS) is 16.8. The second-order valence-electron chi connectivity index (χ2n) is 9.07. The Morgan fingerprint density at radius 2 is 1.66 bits per heavy atom. The number of pyridine rings is 1. The molecule has 2 aliphatic heterocycles. The van der Waals surface area contributed by atoms with Crippen molar-refractivity contribution in [1.29, 1.82) is 0 Å². The third kappa shape index (κ3) is 4.73. The summed E-state index contributed by atoms with van der Waals surface area (Å²) in [6.45, 7) is 1.43. The van der Waals surface area contributed by atoms with Gasteiger partial charge in [0.15, 0.2) is 0 Å². The first-order valence-electron chi connectivity index (χ1n) is 12.0. The summed E-state index contributed by atoms with van der Waals surface area (Å²) in [5.41, 5.74) is 2.24. The van der Waals surface area contributed by atoms with Crippen LogP contribution in [0.2, 0.25) is 0 Å². The molecule has 0 atom stereocenters. The average molecular weight is 475 g/mol. The van der Waals surface area contributed by atoms with E-state index in [0.29, 0.717) is 48.2 Å². The van der Waals surface area contributed by atoms with Gasteiger partial charge in [-0.1, -0.05) is 30.3 Å². The number of nitrogens with zero attached hydrogens (tertiary/aromatic N) is 4. The van der Waals surface area contributed by atoms with E-state index in [1.807, 2.05) is 30.3 Å². The van der Waals surface area contributed by atoms with Crippen LogP contribution in [0, 0.1) is 5.82 Å². The van der Waals surface area contributed by atoms with E-state index in [1.54, 1.807) is 15.9 Å². The van der Waals surface area contributed by atoms with Crippen LogP contribution in [0.25, 0.3) is 10.9 Å². The molecule has 2 fully saturated rings. The number of amides is 3. The molecule has 3 heterocycles. The van der Waals surface area contributed by atoms with Gasteiger partial charge in [-0.2, -0.15) is 0 Å². The second kappa shape index (κ2) is 9.82. The number of likely N-dealkylation sites (tertiary alicyclic amines) is 1. The summed E-state index contributed by atoms with van der Waals surface area (Å²) in [6, 6.07) is 13.9. The number of benzene rings is 2. The van der Waals surface area contributed by atoms with Gasteiger partial charge < -0.3 is 9.80 Å². The van der Waals surface area contributed by atoms with E-state index in [0.717, 1.165) is 24.8 Å². The fraction of sp³-hybridized carbons (Fsp3) is 0.333. The zero-order valence-electron chi connectivity index (χ0n) is 19.5. The van der Waals surface area contributed by atoms with Gasteiger partial charge in [0.1, 0.15) is 5.82 Å². The zero-order chi connectivity index (χ0) is 24.4. The molecule has 0 N–H and O–H groups in total. The molecule has 2 saturated heterocycles. The number of imide groups is 1. The third-order valence-electron chi connectivity index (χ3n) is 6.71. The highest BCUT2D eigenvalue weighted by Crippen LogP contribution is 2.33. The smallest absolute Gasteiger partial charge is 0.257 e. The number of piperazine rings is 1. The molecule has 5 rings (SSSR count). The van der Waals surface area contributed by atoms with Crippen LogP contribution in [0.5, 0.6) is 0 Å². The SMILES string of the molecule is O=C(c1cnc2ccc(F)cc2c1N1CC(=O)N(CCc2ccccc2)C(=O)C1)N1CCCCC1. The molecule has 0 unspecified atom stereocenters. The lowest BCUT2D eigenvalue weighted by molar-refractivity contribution is -0.145. The van der Waals surface area contributed by atoms with Crippen molar-refractivity contribution in [2.24, 2.45) is 0 Å². The predicted molar refractivity (Wildman–Crippen MR) is 131 cm³/mol. The zero-order valence-corrected chi connectivity index (χ0v) is 19.5. The number of halogens is 1. The average Bonchev–Trinajstić information content (AvgIpc) is 2.88. The van der Waals surface area contributed by atoms with Gasteiger partial charge in [0, 0.05) is 31.2 Å². The van der Waals surface area contributed by atoms with Crippen molar-refractivity contribution in [2.45, 2.75) is 25.7 Å². The number of aromatic nitrogens is 1. The summed E-state index contributed by atoms with van der Waals surface area (Å²) in [5, 5.41) is 0.422. The van der Waals surface area contributed by atoms with Crippen LogP contribution in [-0.2, 0) is 16.0 Å². The molecule has 2 aromatic carbocycles. The Hall–Kier alpha value is -3.81. The van der Waals surface area contributed by atoms with Gasteiger partial charge in [-0.15, -0.1) is 0 Å². The Morgan fingerprint density at radius 3 is 2.37 bits per heavy atom. The first kappa shape index (κ1) is 23.0. The van der Waals surface area contributed by atoms with Crippen LogP contribution in [-0.4, -0.2) is 65.2 Å². The van der Waals surface area contributed by atoms with Crippen molar-refractivity contribution < 1.29 is 18.8 Å². The number of hydrogen-bond donors (Lipinski definition) is 0. The maximum Gasteiger partial charge on any atom is 0.257 e. The number of carbonyl (C=O) groups excluding carboxylic acids is 3. The van der Waals surface area contributed by atoms with Crippen molar-refractivity contribution in [3.63, 3.8) is 0 Å². The Morgan fingerprint density at radius 1 is 0.943 bits per heavy atom. The highest BCUT2D eigenvalue weighted by molar-refractivity contribution is 6.11. The number of carbonyl (C=O) groups is 3. The van der Waals surface area contributed by atoms with E-state index in [2.05, 4.69) is 4.98 Å². The Labute approximate surface area is 203 Å². The minimum atomic E-state index is -0.470. The summed E-state index contributed by atoms with van der Waals surface area (Å²) < 4.78 is 14.3. The standard InChI is InChI=1S/C27H27FN4O3/c28-20-9-10-23-21(15-20)26(22(16-29-23)27(35)30-12-5-2-6-13-30)31-17-24(33)32(25(34)18-31)14-11-19-7-3-1-4-8-19/h1,3-4,7-10,15-16H,2,5-6,11-14,17-18H2. The third-order valence-corrected chi connectivity index (χ3v) is 6.71. The molecule has 0 bridgehead atoms. The van der Waals surface area contributed by atoms with Crippen LogP contribution >= 0.6 is 0 Å². The van der Waals surface area contributed by atoms with E-state index in [-0.39, 0.29) is 30.8 Å². The second-order valence-corrected chi connectivity index (χ2v) is 9.07. The van der Waals surface area contributed by atoms with E-state index in [1.165, 1.54) is 23.2 Å². The van der Waals surface area contributed by atoms with E-state index >= 15 is 0 Å². The Kier molecular flexibility index (Phi) is 6.44. The molecule has 0 saturated carbocycles. The Bertz CT molecular complexity index is 1260. The maximum absolute atomic E-state index is 14.3. The van der Waals surface area contributed by atoms with E-state index in [9.17, 15) is 18.8 Å². The van der Waals surface area contributed by atoms with Crippen molar-refractivity contribution >= 4 is 34.3 Å². The lowest BCUT2D eigenvalue weighted by Crippen LogP contribution is -2.55. The van der Waals surface area contributed by atoms with Gasteiger partial charge in [0.05, 0.1) is 29.9 Å². The number of hydrogen-bond acceptors (Lipinski definition) is 5. The highest BCUT2D eigenvalue weighted by Gasteiger charge is 2.34. The van der Waals surface area contributed by atoms with Gasteiger partial charge in [-0.05, 0) is 49.4 Å². The van der Waals surface area contributed by atoms with Gasteiger partial charge in [-0.25, -0.2) is 4.39 Å².